The monoisotopic (exact) mass is 491 g/mol. The molecule has 2 heterocycles. The number of amides is 2. The van der Waals surface area contributed by atoms with E-state index in [0.29, 0.717) is 10.6 Å². The summed E-state index contributed by atoms with van der Waals surface area (Å²) in [7, 11) is 0. The van der Waals surface area contributed by atoms with Crippen LogP contribution in [0.5, 0.6) is 0 Å². The minimum absolute atomic E-state index is 0.0198. The van der Waals surface area contributed by atoms with Gasteiger partial charge in [0, 0.05) is 11.6 Å². The summed E-state index contributed by atoms with van der Waals surface area (Å²) in [6, 6.07) is 0.597. The lowest BCUT2D eigenvalue weighted by molar-refractivity contribution is -0.348. The highest BCUT2D eigenvalue weighted by Crippen LogP contribution is 2.54. The number of hydrogen-bond acceptors (Lipinski definition) is 4. The van der Waals surface area contributed by atoms with Crippen LogP contribution in [0.25, 0.3) is 5.69 Å². The summed E-state index contributed by atoms with van der Waals surface area (Å²) >= 11 is 11.5. The first kappa shape index (κ1) is 22.9. The van der Waals surface area contributed by atoms with Crippen molar-refractivity contribution in [2.45, 2.75) is 18.0 Å². The van der Waals surface area contributed by atoms with Crippen molar-refractivity contribution in [3.63, 3.8) is 0 Å². The number of nitrogens with zero attached hydrogens (tertiary/aromatic N) is 1. The molecule has 2 amide bonds. The molecule has 1 aliphatic heterocycles. The number of halogens is 9. The van der Waals surface area contributed by atoms with Crippen LogP contribution in [0, 0.1) is 0 Å². The lowest BCUT2D eigenvalue weighted by Crippen LogP contribution is -2.50. The van der Waals surface area contributed by atoms with E-state index in [1.165, 1.54) is 0 Å². The third kappa shape index (κ3) is 3.22. The van der Waals surface area contributed by atoms with E-state index in [9.17, 15) is 45.1 Å². The molecule has 0 bridgehead atoms. The van der Waals surface area contributed by atoms with Crippen LogP contribution >= 0.6 is 23.2 Å². The van der Waals surface area contributed by atoms with Gasteiger partial charge in [-0.05, 0) is 12.1 Å². The molecule has 15 heteroatoms. The molecular formula is C16H6Cl2F7N3O3. The van der Waals surface area contributed by atoms with Gasteiger partial charge in [-0.1, -0.05) is 23.2 Å². The number of aromatic nitrogens is 1. The highest BCUT2D eigenvalue weighted by Gasteiger charge is 2.73. The number of rotatable bonds is 2. The van der Waals surface area contributed by atoms with Gasteiger partial charge < -0.3 is 5.73 Å². The number of pyridine rings is 1. The van der Waals surface area contributed by atoms with E-state index in [-0.39, 0.29) is 12.1 Å². The van der Waals surface area contributed by atoms with Crippen molar-refractivity contribution in [1.82, 2.24) is 9.88 Å². The molecule has 0 spiro atoms. The van der Waals surface area contributed by atoms with Crippen LogP contribution < -0.4 is 16.6 Å². The summed E-state index contributed by atoms with van der Waals surface area (Å²) in [4.78, 5) is 35.9. The number of nitrogens with two attached hydrogens (primary N) is 1. The quantitative estimate of drug-likeness (QED) is 0.492. The van der Waals surface area contributed by atoms with E-state index < -0.39 is 73.6 Å². The molecule has 166 valence electrons. The van der Waals surface area contributed by atoms with Crippen molar-refractivity contribution in [2.24, 2.45) is 0 Å². The highest BCUT2D eigenvalue weighted by atomic mass is 35.5. The highest BCUT2D eigenvalue weighted by molar-refractivity contribution is 6.38. The second-order valence-electron chi connectivity index (χ2n) is 6.22. The first-order valence-corrected chi connectivity index (χ1v) is 8.51. The van der Waals surface area contributed by atoms with Gasteiger partial charge in [-0.25, -0.2) is 4.39 Å². The minimum Gasteiger partial charge on any atom is -0.384 e. The van der Waals surface area contributed by atoms with Crippen molar-refractivity contribution in [1.29, 1.82) is 0 Å². The summed E-state index contributed by atoms with van der Waals surface area (Å²) in [6.45, 7) is 0. The summed E-state index contributed by atoms with van der Waals surface area (Å²) in [5.74, 6) is -2.70. The van der Waals surface area contributed by atoms with Gasteiger partial charge in [0.05, 0.1) is 26.9 Å². The number of carbonyl (C=O) groups is 2. The minimum atomic E-state index is -6.43. The third-order valence-electron chi connectivity index (χ3n) is 4.37. The number of anilines is 1. The molecule has 0 saturated heterocycles. The van der Waals surface area contributed by atoms with Gasteiger partial charge in [-0.2, -0.15) is 26.3 Å². The predicted molar refractivity (Wildman–Crippen MR) is 93.2 cm³/mol. The van der Waals surface area contributed by atoms with Crippen LogP contribution in [0.2, 0.25) is 10.0 Å². The van der Waals surface area contributed by atoms with E-state index in [0.717, 1.165) is 0 Å². The number of nitrogen functional groups attached to an aromatic ring is 1. The maximum atomic E-state index is 14.3. The van der Waals surface area contributed by atoms with Crippen LogP contribution in [-0.4, -0.2) is 28.7 Å². The average Bonchev–Trinajstić information content (AvgIpc) is 2.87. The van der Waals surface area contributed by atoms with E-state index in [2.05, 4.69) is 0 Å². The number of nitrogens with one attached hydrogen (secondary N) is 1. The third-order valence-corrected chi connectivity index (χ3v) is 4.95. The van der Waals surface area contributed by atoms with Gasteiger partial charge in [-0.15, -0.1) is 0 Å². The lowest BCUT2D eigenvalue weighted by atomic mass is 9.94. The van der Waals surface area contributed by atoms with Crippen LogP contribution in [0.3, 0.4) is 0 Å². The molecule has 31 heavy (non-hydrogen) atoms. The van der Waals surface area contributed by atoms with Crippen LogP contribution in [0.4, 0.5) is 36.6 Å². The largest absolute Gasteiger partial charge is 0.435 e. The Kier molecular flexibility index (Phi) is 5.06. The Bertz CT molecular complexity index is 1170. The fraction of sp³-hybridized carbons (Fsp3) is 0.188. The number of fused-ring (bicyclic) bond motifs is 1. The molecule has 0 unspecified atom stereocenters. The van der Waals surface area contributed by atoms with E-state index in [1.54, 1.807) is 0 Å². The molecule has 1 aromatic carbocycles. The molecule has 2 aromatic rings. The molecule has 1 aliphatic rings. The second kappa shape index (κ2) is 6.85. The van der Waals surface area contributed by atoms with Gasteiger partial charge in [0.15, 0.2) is 0 Å². The molecule has 3 rings (SSSR count). The Morgan fingerprint density at radius 3 is 1.77 bits per heavy atom. The zero-order valence-corrected chi connectivity index (χ0v) is 15.9. The number of carbonyl (C=O) groups excluding carboxylic acids is 2. The summed E-state index contributed by atoms with van der Waals surface area (Å²) < 4.78 is 92.7. The lowest BCUT2D eigenvalue weighted by Gasteiger charge is -2.31. The summed E-state index contributed by atoms with van der Waals surface area (Å²) in [6.07, 6.45) is -12.9. The molecule has 0 fully saturated rings. The molecule has 0 aliphatic carbocycles. The summed E-state index contributed by atoms with van der Waals surface area (Å²) in [5.41, 5.74) is -4.88. The molecule has 0 atom stereocenters. The van der Waals surface area contributed by atoms with E-state index in [4.69, 9.17) is 28.9 Å². The van der Waals surface area contributed by atoms with E-state index in [1.807, 2.05) is 5.32 Å². The van der Waals surface area contributed by atoms with Crippen molar-refractivity contribution < 1.29 is 40.3 Å². The summed E-state index contributed by atoms with van der Waals surface area (Å²) in [5, 5.41) is -0.189. The van der Waals surface area contributed by atoms with Gasteiger partial charge in [-0.3, -0.25) is 24.3 Å². The van der Waals surface area contributed by atoms with Crippen molar-refractivity contribution >= 4 is 40.8 Å². The molecule has 6 nitrogen and oxygen atoms in total. The maximum Gasteiger partial charge on any atom is 0.435 e. The SMILES string of the molecule is Nc1c2c(cc(=O)n1-c1c(Cl)cc(C(F)(C(F)(F)F)C(F)(F)F)cc1Cl)C(=O)NC2=O. The maximum absolute atomic E-state index is 14.3. The molecule has 3 N–H and O–H groups in total. The number of alkyl halides is 7. The van der Waals surface area contributed by atoms with Crippen molar-refractivity contribution in [3.05, 3.63) is 55.3 Å². The fourth-order valence-corrected chi connectivity index (χ4v) is 3.63. The Morgan fingerprint density at radius 2 is 1.32 bits per heavy atom. The van der Waals surface area contributed by atoms with Crippen LogP contribution in [0.15, 0.2) is 23.0 Å². The standard InChI is InChI=1S/C16H6Cl2F7N3O3/c17-6-1-4(14(19,15(20,21)22)16(23,24)25)2-7(18)10(6)28-8(29)3-5-9(11(28)26)13(31)27-12(5)30/h1-3H,26H2,(H,27,30,31). The topological polar surface area (TPSA) is 94.2 Å². The Morgan fingerprint density at radius 1 is 0.839 bits per heavy atom. The van der Waals surface area contributed by atoms with Crippen LogP contribution in [-0.2, 0) is 5.67 Å². The van der Waals surface area contributed by atoms with Crippen molar-refractivity contribution in [2.75, 3.05) is 5.73 Å². The Labute approximate surface area is 176 Å². The molecule has 0 saturated carbocycles. The predicted octanol–water partition coefficient (Wildman–Crippen LogP) is 3.90. The molecular weight excluding hydrogens is 486 g/mol. The van der Waals surface area contributed by atoms with Crippen molar-refractivity contribution in [3.8, 4) is 5.69 Å². The number of hydrogen-bond donors (Lipinski definition) is 2. The Hall–Kier alpha value is -2.80. The van der Waals surface area contributed by atoms with Gasteiger partial charge in [0.1, 0.15) is 5.82 Å². The first-order chi connectivity index (χ1) is 14.0. The normalized spacial score (nSPS) is 14.6. The zero-order valence-electron chi connectivity index (χ0n) is 14.4. The van der Waals surface area contributed by atoms with Gasteiger partial charge in [0.25, 0.3) is 17.4 Å². The Balaban J connectivity index is 2.32. The first-order valence-electron chi connectivity index (χ1n) is 7.75. The van der Waals surface area contributed by atoms with Gasteiger partial charge in [0.2, 0.25) is 0 Å². The fourth-order valence-electron chi connectivity index (χ4n) is 2.98. The molecule has 1 aromatic heterocycles. The van der Waals surface area contributed by atoms with Gasteiger partial charge >= 0.3 is 18.0 Å². The number of benzene rings is 1. The number of imide groups is 1. The van der Waals surface area contributed by atoms with E-state index >= 15 is 0 Å². The second-order valence-corrected chi connectivity index (χ2v) is 7.03. The average molecular weight is 492 g/mol. The molecule has 0 radical (unpaired) electrons. The zero-order chi connectivity index (χ0) is 23.7. The van der Waals surface area contributed by atoms with Crippen LogP contribution in [0.1, 0.15) is 26.3 Å². The smallest absolute Gasteiger partial charge is 0.384 e.